The standard InChI is InChI=1S/C21H30N6O3/c1-14-18(26-30-25-14)12-22-19(28)11-15-7-6-10-27(13-15)21(29)20-16-8-4-2-3-5-9-17(16)23-24-20/h15H,2-13H2,1H3,(H,22,28)(H,23,24). The van der Waals surface area contributed by atoms with Crippen LogP contribution in [0.3, 0.4) is 0 Å². The minimum atomic E-state index is -0.0402. The van der Waals surface area contributed by atoms with Crippen LogP contribution in [0.15, 0.2) is 4.63 Å². The zero-order valence-electron chi connectivity index (χ0n) is 17.6. The summed E-state index contributed by atoms with van der Waals surface area (Å²) in [6.07, 6.45) is 8.84. The zero-order chi connectivity index (χ0) is 20.9. The molecule has 9 heteroatoms. The molecule has 1 aliphatic heterocycles. The van der Waals surface area contributed by atoms with Crippen molar-refractivity contribution >= 4 is 11.8 Å². The molecule has 2 amide bonds. The summed E-state index contributed by atoms with van der Waals surface area (Å²) in [6.45, 7) is 3.42. The van der Waals surface area contributed by atoms with E-state index in [4.69, 9.17) is 0 Å². The van der Waals surface area contributed by atoms with Gasteiger partial charge in [0.15, 0.2) is 5.69 Å². The summed E-state index contributed by atoms with van der Waals surface area (Å²) in [5.74, 6) is 0.115. The predicted molar refractivity (Wildman–Crippen MR) is 109 cm³/mol. The van der Waals surface area contributed by atoms with Gasteiger partial charge >= 0.3 is 0 Å². The average molecular weight is 415 g/mol. The number of amides is 2. The van der Waals surface area contributed by atoms with Crippen LogP contribution in [0.1, 0.15) is 78.1 Å². The molecular weight excluding hydrogens is 384 g/mol. The van der Waals surface area contributed by atoms with Gasteiger partial charge in [-0.1, -0.05) is 23.2 Å². The molecule has 2 aromatic heterocycles. The van der Waals surface area contributed by atoms with Crippen molar-refractivity contribution < 1.29 is 14.2 Å². The number of nitrogens with one attached hydrogen (secondary N) is 2. The van der Waals surface area contributed by atoms with Crippen molar-refractivity contribution in [2.45, 2.75) is 71.3 Å². The van der Waals surface area contributed by atoms with Gasteiger partial charge in [0.2, 0.25) is 5.91 Å². The van der Waals surface area contributed by atoms with Gasteiger partial charge in [0.25, 0.3) is 5.91 Å². The first-order valence-corrected chi connectivity index (χ1v) is 11.0. The summed E-state index contributed by atoms with van der Waals surface area (Å²) in [4.78, 5) is 27.5. The van der Waals surface area contributed by atoms with Crippen LogP contribution < -0.4 is 5.32 Å². The number of likely N-dealkylation sites (tertiary alicyclic amines) is 1. The van der Waals surface area contributed by atoms with E-state index in [2.05, 4.69) is 30.5 Å². The minimum absolute atomic E-state index is 0.00229. The molecule has 2 aliphatic rings. The molecule has 4 rings (SSSR count). The van der Waals surface area contributed by atoms with Crippen LogP contribution >= 0.6 is 0 Å². The lowest BCUT2D eigenvalue weighted by molar-refractivity contribution is -0.122. The number of aromatic amines is 1. The first-order chi connectivity index (χ1) is 14.6. The van der Waals surface area contributed by atoms with E-state index in [-0.39, 0.29) is 17.7 Å². The smallest absolute Gasteiger partial charge is 0.274 e. The van der Waals surface area contributed by atoms with Gasteiger partial charge in [0.1, 0.15) is 11.4 Å². The molecule has 0 radical (unpaired) electrons. The lowest BCUT2D eigenvalue weighted by Gasteiger charge is -2.32. The van der Waals surface area contributed by atoms with E-state index in [0.717, 1.165) is 56.3 Å². The maximum atomic E-state index is 13.2. The third-order valence-electron chi connectivity index (χ3n) is 6.24. The highest BCUT2D eigenvalue weighted by Gasteiger charge is 2.29. The molecule has 1 unspecified atom stereocenters. The molecule has 3 heterocycles. The molecule has 1 fully saturated rings. The Bertz CT molecular complexity index is 889. The summed E-state index contributed by atoms with van der Waals surface area (Å²) in [5, 5.41) is 17.9. The Morgan fingerprint density at radius 1 is 1.17 bits per heavy atom. The molecule has 2 N–H and O–H groups in total. The van der Waals surface area contributed by atoms with Gasteiger partial charge < -0.3 is 10.2 Å². The number of rotatable bonds is 5. The van der Waals surface area contributed by atoms with E-state index >= 15 is 0 Å². The summed E-state index contributed by atoms with van der Waals surface area (Å²) in [6, 6.07) is 0. The maximum absolute atomic E-state index is 13.2. The van der Waals surface area contributed by atoms with Gasteiger partial charge in [-0.2, -0.15) is 5.10 Å². The Balaban J connectivity index is 1.34. The largest absolute Gasteiger partial charge is 0.350 e. The number of hydrogen-bond donors (Lipinski definition) is 2. The van der Waals surface area contributed by atoms with E-state index in [1.54, 1.807) is 6.92 Å². The van der Waals surface area contributed by atoms with Crippen molar-refractivity contribution in [1.82, 2.24) is 30.7 Å². The fourth-order valence-electron chi connectivity index (χ4n) is 4.50. The van der Waals surface area contributed by atoms with Gasteiger partial charge in [-0.05, 0) is 51.4 Å². The van der Waals surface area contributed by atoms with Crippen molar-refractivity contribution in [3.63, 3.8) is 0 Å². The first kappa shape index (κ1) is 20.6. The monoisotopic (exact) mass is 414 g/mol. The summed E-state index contributed by atoms with van der Waals surface area (Å²) in [7, 11) is 0. The number of carbonyl (C=O) groups excluding carboxylic acids is 2. The molecule has 0 bridgehead atoms. The van der Waals surface area contributed by atoms with Gasteiger partial charge in [-0.25, -0.2) is 4.63 Å². The quantitative estimate of drug-likeness (QED) is 0.775. The van der Waals surface area contributed by atoms with Crippen LogP contribution in [-0.4, -0.2) is 50.3 Å². The molecule has 2 aromatic rings. The Hall–Kier alpha value is -2.71. The van der Waals surface area contributed by atoms with E-state index in [0.29, 0.717) is 36.6 Å². The Kier molecular flexibility index (Phi) is 6.44. The molecule has 1 saturated heterocycles. The lowest BCUT2D eigenvalue weighted by Crippen LogP contribution is -2.41. The number of aryl methyl sites for hydroxylation is 2. The highest BCUT2D eigenvalue weighted by atomic mass is 16.6. The number of carbonyl (C=O) groups is 2. The van der Waals surface area contributed by atoms with Crippen molar-refractivity contribution in [2.75, 3.05) is 13.1 Å². The van der Waals surface area contributed by atoms with Crippen molar-refractivity contribution in [2.24, 2.45) is 5.92 Å². The maximum Gasteiger partial charge on any atom is 0.274 e. The minimum Gasteiger partial charge on any atom is -0.350 e. The average Bonchev–Trinajstić information content (AvgIpc) is 3.31. The van der Waals surface area contributed by atoms with Crippen LogP contribution in [0.2, 0.25) is 0 Å². The van der Waals surface area contributed by atoms with Gasteiger partial charge in [0.05, 0.1) is 6.54 Å². The van der Waals surface area contributed by atoms with Crippen molar-refractivity contribution in [3.05, 3.63) is 28.3 Å². The second-order valence-corrected chi connectivity index (χ2v) is 8.48. The summed E-state index contributed by atoms with van der Waals surface area (Å²) < 4.78 is 4.65. The Labute approximate surface area is 175 Å². The Morgan fingerprint density at radius 3 is 2.80 bits per heavy atom. The SMILES string of the molecule is Cc1nonc1CNC(=O)CC1CCCN(C(=O)c2n[nH]c3c2CCCCCC3)C1. The number of hydrogen-bond acceptors (Lipinski definition) is 6. The summed E-state index contributed by atoms with van der Waals surface area (Å²) >= 11 is 0. The highest BCUT2D eigenvalue weighted by molar-refractivity contribution is 5.94. The molecule has 1 aliphatic carbocycles. The van der Waals surface area contributed by atoms with Crippen LogP contribution in [0.25, 0.3) is 0 Å². The molecule has 0 aromatic carbocycles. The number of piperidine rings is 1. The van der Waals surface area contributed by atoms with Crippen LogP contribution in [0, 0.1) is 12.8 Å². The zero-order valence-corrected chi connectivity index (χ0v) is 17.6. The van der Waals surface area contributed by atoms with E-state index < -0.39 is 0 Å². The van der Waals surface area contributed by atoms with Crippen molar-refractivity contribution in [1.29, 1.82) is 0 Å². The number of fused-ring (bicyclic) bond motifs is 1. The third kappa shape index (κ3) is 4.71. The van der Waals surface area contributed by atoms with Crippen LogP contribution in [-0.2, 0) is 24.2 Å². The van der Waals surface area contributed by atoms with Crippen LogP contribution in [0.4, 0.5) is 0 Å². The topological polar surface area (TPSA) is 117 Å². The summed E-state index contributed by atoms with van der Waals surface area (Å²) in [5.41, 5.74) is 4.14. The van der Waals surface area contributed by atoms with E-state index in [9.17, 15) is 9.59 Å². The third-order valence-corrected chi connectivity index (χ3v) is 6.24. The van der Waals surface area contributed by atoms with E-state index in [1.165, 1.54) is 12.8 Å². The molecule has 0 spiro atoms. The number of nitrogens with zero attached hydrogens (tertiary/aromatic N) is 4. The second-order valence-electron chi connectivity index (χ2n) is 8.48. The molecule has 30 heavy (non-hydrogen) atoms. The molecular formula is C21H30N6O3. The molecule has 0 saturated carbocycles. The fraction of sp³-hybridized carbons (Fsp3) is 0.667. The number of H-pyrrole nitrogens is 1. The van der Waals surface area contributed by atoms with Crippen LogP contribution in [0.5, 0.6) is 0 Å². The molecule has 9 nitrogen and oxygen atoms in total. The van der Waals surface area contributed by atoms with E-state index in [1.807, 2.05) is 4.90 Å². The van der Waals surface area contributed by atoms with Crippen molar-refractivity contribution in [3.8, 4) is 0 Å². The first-order valence-electron chi connectivity index (χ1n) is 11.0. The van der Waals surface area contributed by atoms with Gasteiger partial charge in [0, 0.05) is 30.8 Å². The predicted octanol–water partition coefficient (Wildman–Crippen LogP) is 2.32. The normalized spacial score (nSPS) is 19.6. The Morgan fingerprint density at radius 2 is 2.00 bits per heavy atom. The molecule has 162 valence electrons. The molecule has 1 atom stereocenters. The lowest BCUT2D eigenvalue weighted by atomic mass is 9.93. The van der Waals surface area contributed by atoms with Gasteiger partial charge in [-0.3, -0.25) is 14.7 Å². The second kappa shape index (κ2) is 9.40. The number of aromatic nitrogens is 4. The van der Waals surface area contributed by atoms with Gasteiger partial charge in [-0.15, -0.1) is 0 Å². The highest BCUT2D eigenvalue weighted by Crippen LogP contribution is 2.25. The fourth-order valence-corrected chi connectivity index (χ4v) is 4.50.